The molecular formula is C17H16N6O3. The summed E-state index contributed by atoms with van der Waals surface area (Å²) in [5.74, 6) is 0.976. The van der Waals surface area contributed by atoms with Gasteiger partial charge in [-0.15, -0.1) is 0 Å². The van der Waals surface area contributed by atoms with Crippen molar-refractivity contribution in [3.63, 3.8) is 0 Å². The van der Waals surface area contributed by atoms with Gasteiger partial charge in [-0.2, -0.15) is 0 Å². The number of aryl methyl sites for hydroxylation is 1. The maximum Gasteiger partial charge on any atom is 0.288 e. The Labute approximate surface area is 148 Å². The summed E-state index contributed by atoms with van der Waals surface area (Å²) in [4.78, 5) is 30.6. The lowest BCUT2D eigenvalue weighted by atomic mass is 10.2. The van der Waals surface area contributed by atoms with Crippen LogP contribution in [-0.2, 0) is 7.05 Å². The minimum atomic E-state index is -0.793. The summed E-state index contributed by atoms with van der Waals surface area (Å²) >= 11 is 0. The number of nitrogens with two attached hydrogens (primary N) is 1. The molecule has 1 aromatic carbocycles. The second-order valence-corrected chi connectivity index (χ2v) is 6.34. The van der Waals surface area contributed by atoms with E-state index in [1.807, 2.05) is 25.2 Å². The molecule has 3 aromatic rings. The van der Waals surface area contributed by atoms with Gasteiger partial charge in [0.05, 0.1) is 21.5 Å². The third kappa shape index (κ3) is 2.73. The highest BCUT2D eigenvalue weighted by atomic mass is 16.6. The fraction of sp³-hybridized carbons (Fsp3) is 0.235. The summed E-state index contributed by atoms with van der Waals surface area (Å²) < 4.78 is 2.09. The molecule has 0 atom stereocenters. The fourth-order valence-corrected chi connectivity index (χ4v) is 2.98. The van der Waals surface area contributed by atoms with Gasteiger partial charge in [0.2, 0.25) is 0 Å². The van der Waals surface area contributed by atoms with E-state index in [0.29, 0.717) is 11.6 Å². The Morgan fingerprint density at radius 3 is 2.81 bits per heavy atom. The first-order chi connectivity index (χ1) is 12.4. The van der Waals surface area contributed by atoms with Crippen LogP contribution in [0.15, 0.2) is 30.5 Å². The number of nitro groups is 1. The Bertz CT molecular complexity index is 1050. The van der Waals surface area contributed by atoms with Crippen molar-refractivity contribution in [2.45, 2.75) is 18.8 Å². The van der Waals surface area contributed by atoms with Crippen LogP contribution in [-0.4, -0.2) is 25.4 Å². The molecule has 0 unspecified atom stereocenters. The zero-order valence-corrected chi connectivity index (χ0v) is 14.0. The number of fused-ring (bicyclic) bond motifs is 1. The highest BCUT2D eigenvalue weighted by Gasteiger charge is 2.28. The minimum absolute atomic E-state index is 0.0426. The lowest BCUT2D eigenvalue weighted by Gasteiger charge is -2.09. The zero-order chi connectivity index (χ0) is 18.4. The first-order valence-electron chi connectivity index (χ1n) is 8.11. The van der Waals surface area contributed by atoms with Gasteiger partial charge < -0.3 is 15.6 Å². The molecule has 1 aliphatic rings. The predicted octanol–water partition coefficient (Wildman–Crippen LogP) is 2.60. The van der Waals surface area contributed by atoms with Crippen molar-refractivity contribution in [2.75, 3.05) is 5.32 Å². The van der Waals surface area contributed by atoms with Gasteiger partial charge in [-0.05, 0) is 31.0 Å². The molecule has 0 radical (unpaired) electrons. The van der Waals surface area contributed by atoms with Gasteiger partial charge in [0.1, 0.15) is 17.8 Å². The molecule has 0 spiro atoms. The summed E-state index contributed by atoms with van der Waals surface area (Å²) in [5, 5.41) is 13.9. The maximum absolute atomic E-state index is 11.6. The Kier molecular flexibility index (Phi) is 3.57. The van der Waals surface area contributed by atoms with E-state index in [1.165, 1.54) is 0 Å². The highest BCUT2D eigenvalue weighted by molar-refractivity contribution is 5.99. The predicted molar refractivity (Wildman–Crippen MR) is 95.4 cm³/mol. The van der Waals surface area contributed by atoms with Crippen molar-refractivity contribution in [1.29, 1.82) is 0 Å². The number of pyridine rings is 1. The Hall–Kier alpha value is -3.49. The summed E-state index contributed by atoms with van der Waals surface area (Å²) in [5.41, 5.74) is 7.52. The van der Waals surface area contributed by atoms with Gasteiger partial charge in [-0.25, -0.2) is 9.97 Å². The van der Waals surface area contributed by atoms with Crippen LogP contribution in [0.1, 0.15) is 34.9 Å². The van der Waals surface area contributed by atoms with Crippen LogP contribution in [0.3, 0.4) is 0 Å². The average Bonchev–Trinajstić information content (AvgIpc) is 3.39. The Balaban J connectivity index is 1.70. The number of carbonyl (C=O) groups is 1. The summed E-state index contributed by atoms with van der Waals surface area (Å²) in [6, 6.07) is 6.75. The normalized spacial score (nSPS) is 13.7. The maximum atomic E-state index is 11.6. The van der Waals surface area contributed by atoms with E-state index in [1.54, 1.807) is 0 Å². The number of primary amides is 1. The standard InChI is InChI=1S/C17H16N6O3/c1-22-14-5-4-10(6-13(14)21-17(22)9-2-3-9)20-16-12(15(18)24)7-11(8-19-16)23(25)26/h4-9H,2-3H2,1H3,(H2,18,24)(H,19,20). The number of rotatable bonds is 5. The average molecular weight is 352 g/mol. The Morgan fingerprint density at radius 1 is 1.38 bits per heavy atom. The van der Waals surface area contributed by atoms with Crippen LogP contribution in [0.25, 0.3) is 11.0 Å². The largest absolute Gasteiger partial charge is 0.365 e. The van der Waals surface area contributed by atoms with E-state index in [-0.39, 0.29) is 17.1 Å². The van der Waals surface area contributed by atoms with Crippen molar-refractivity contribution >= 4 is 34.1 Å². The van der Waals surface area contributed by atoms with Crippen molar-refractivity contribution < 1.29 is 9.72 Å². The number of aromatic nitrogens is 3. The van der Waals surface area contributed by atoms with E-state index >= 15 is 0 Å². The molecule has 1 saturated carbocycles. The van der Waals surface area contributed by atoms with Crippen LogP contribution in [0.4, 0.5) is 17.2 Å². The third-order valence-electron chi connectivity index (χ3n) is 4.47. The molecule has 9 nitrogen and oxygen atoms in total. The lowest BCUT2D eigenvalue weighted by Crippen LogP contribution is -2.14. The highest BCUT2D eigenvalue weighted by Crippen LogP contribution is 2.40. The summed E-state index contributed by atoms with van der Waals surface area (Å²) in [6.07, 6.45) is 3.41. The molecule has 2 aromatic heterocycles. The molecule has 1 amide bonds. The quantitative estimate of drug-likeness (QED) is 0.536. The van der Waals surface area contributed by atoms with E-state index in [4.69, 9.17) is 10.7 Å². The number of imidazole rings is 1. The van der Waals surface area contributed by atoms with Crippen LogP contribution in [0.2, 0.25) is 0 Å². The van der Waals surface area contributed by atoms with Gasteiger partial charge in [-0.1, -0.05) is 0 Å². The molecule has 4 rings (SSSR count). The lowest BCUT2D eigenvalue weighted by molar-refractivity contribution is -0.385. The number of nitrogens with one attached hydrogen (secondary N) is 1. The molecule has 2 heterocycles. The van der Waals surface area contributed by atoms with Crippen molar-refractivity contribution in [2.24, 2.45) is 12.8 Å². The van der Waals surface area contributed by atoms with Gasteiger partial charge >= 0.3 is 0 Å². The van der Waals surface area contributed by atoms with Crippen LogP contribution < -0.4 is 11.1 Å². The number of nitrogens with zero attached hydrogens (tertiary/aromatic N) is 4. The van der Waals surface area contributed by atoms with Gasteiger partial charge in [0, 0.05) is 24.7 Å². The third-order valence-corrected chi connectivity index (χ3v) is 4.47. The van der Waals surface area contributed by atoms with Crippen molar-refractivity contribution in [1.82, 2.24) is 14.5 Å². The molecule has 0 aliphatic heterocycles. The van der Waals surface area contributed by atoms with E-state index in [0.717, 1.165) is 42.0 Å². The SMILES string of the molecule is Cn1c(C2CC2)nc2cc(Nc3ncc([N+](=O)[O-])cc3C(N)=O)ccc21. The number of benzene rings is 1. The first-order valence-corrected chi connectivity index (χ1v) is 8.11. The molecule has 0 saturated heterocycles. The van der Waals surface area contributed by atoms with Crippen molar-refractivity contribution in [3.8, 4) is 0 Å². The monoisotopic (exact) mass is 352 g/mol. The number of amides is 1. The molecule has 26 heavy (non-hydrogen) atoms. The summed E-state index contributed by atoms with van der Waals surface area (Å²) in [6.45, 7) is 0. The molecule has 0 bridgehead atoms. The van der Waals surface area contributed by atoms with Gasteiger partial charge in [-0.3, -0.25) is 14.9 Å². The molecule has 1 fully saturated rings. The first kappa shape index (κ1) is 16.0. The smallest absolute Gasteiger partial charge is 0.288 e. The summed E-state index contributed by atoms with van der Waals surface area (Å²) in [7, 11) is 2.00. The van der Waals surface area contributed by atoms with E-state index in [9.17, 15) is 14.9 Å². The number of anilines is 2. The second kappa shape index (κ2) is 5.80. The van der Waals surface area contributed by atoms with Crippen LogP contribution in [0, 0.1) is 10.1 Å². The minimum Gasteiger partial charge on any atom is -0.365 e. The Morgan fingerprint density at radius 2 is 2.15 bits per heavy atom. The van der Waals surface area contributed by atoms with Crippen LogP contribution in [0.5, 0.6) is 0 Å². The number of hydrogen-bond donors (Lipinski definition) is 2. The van der Waals surface area contributed by atoms with Crippen molar-refractivity contribution in [3.05, 3.63) is 52.0 Å². The van der Waals surface area contributed by atoms with E-state index in [2.05, 4.69) is 14.9 Å². The second-order valence-electron chi connectivity index (χ2n) is 6.34. The molecule has 3 N–H and O–H groups in total. The molecule has 132 valence electrons. The van der Waals surface area contributed by atoms with Crippen LogP contribution >= 0.6 is 0 Å². The molecular weight excluding hydrogens is 336 g/mol. The zero-order valence-electron chi connectivity index (χ0n) is 14.0. The molecule has 1 aliphatic carbocycles. The topological polar surface area (TPSA) is 129 Å². The van der Waals surface area contributed by atoms with Gasteiger partial charge in [0.15, 0.2) is 0 Å². The number of hydrogen-bond acceptors (Lipinski definition) is 6. The number of carbonyl (C=O) groups excluding carboxylic acids is 1. The van der Waals surface area contributed by atoms with E-state index < -0.39 is 10.8 Å². The van der Waals surface area contributed by atoms with Gasteiger partial charge in [0.25, 0.3) is 11.6 Å². The fourth-order valence-electron chi connectivity index (χ4n) is 2.98. The molecule has 9 heteroatoms.